The Bertz CT molecular complexity index is 898. The summed E-state index contributed by atoms with van der Waals surface area (Å²) in [5.74, 6) is 0.604. The first kappa shape index (κ1) is 18.5. The zero-order valence-electron chi connectivity index (χ0n) is 15.1. The molecule has 27 heavy (non-hydrogen) atoms. The van der Waals surface area contributed by atoms with Crippen molar-refractivity contribution in [1.29, 1.82) is 0 Å². The van der Waals surface area contributed by atoms with Crippen LogP contribution in [0.3, 0.4) is 0 Å². The molecular weight excluding hydrogens is 343 g/mol. The Hall–Kier alpha value is -3.28. The molecule has 0 aliphatic heterocycles. The summed E-state index contributed by atoms with van der Waals surface area (Å²) in [4.78, 5) is 20.9. The summed E-state index contributed by atoms with van der Waals surface area (Å²) in [5.41, 5.74) is 2.40. The van der Waals surface area contributed by atoms with Crippen molar-refractivity contribution in [2.45, 2.75) is 19.9 Å². The molecule has 0 saturated carbocycles. The first-order valence-electron chi connectivity index (χ1n) is 8.76. The minimum Gasteiger partial charge on any atom is -0.366 e. The minimum absolute atomic E-state index is 0.259. The number of rotatable bonds is 7. The van der Waals surface area contributed by atoms with Crippen LogP contribution in [0.2, 0.25) is 0 Å². The second-order valence-electron chi connectivity index (χ2n) is 6.16. The lowest BCUT2D eigenvalue weighted by Crippen LogP contribution is -2.27. The van der Waals surface area contributed by atoms with Crippen LogP contribution < -0.4 is 10.6 Å². The first-order valence-corrected chi connectivity index (χ1v) is 8.76. The lowest BCUT2D eigenvalue weighted by Gasteiger charge is -2.09. The van der Waals surface area contributed by atoms with E-state index in [1.165, 1.54) is 12.1 Å². The number of carbonyl (C=O) groups excluding carboxylic acids is 1. The van der Waals surface area contributed by atoms with Gasteiger partial charge in [-0.1, -0.05) is 42.5 Å². The Labute approximate surface area is 157 Å². The van der Waals surface area contributed by atoms with E-state index in [1.807, 2.05) is 30.3 Å². The number of hydrogen-bond donors (Lipinski definition) is 2. The van der Waals surface area contributed by atoms with Crippen molar-refractivity contribution in [3.8, 4) is 0 Å². The Morgan fingerprint density at radius 1 is 1.00 bits per heavy atom. The molecule has 0 aliphatic carbocycles. The van der Waals surface area contributed by atoms with Gasteiger partial charge in [-0.15, -0.1) is 0 Å². The van der Waals surface area contributed by atoms with E-state index in [4.69, 9.17) is 0 Å². The largest absolute Gasteiger partial charge is 0.366 e. The van der Waals surface area contributed by atoms with E-state index >= 15 is 0 Å². The summed E-state index contributed by atoms with van der Waals surface area (Å²) >= 11 is 0. The van der Waals surface area contributed by atoms with Gasteiger partial charge in [-0.25, -0.2) is 14.4 Å². The van der Waals surface area contributed by atoms with Crippen LogP contribution in [-0.4, -0.2) is 22.4 Å². The predicted molar refractivity (Wildman–Crippen MR) is 103 cm³/mol. The third kappa shape index (κ3) is 5.60. The van der Waals surface area contributed by atoms with Crippen molar-refractivity contribution in [1.82, 2.24) is 15.3 Å². The summed E-state index contributed by atoms with van der Waals surface area (Å²) < 4.78 is 12.9. The van der Waals surface area contributed by atoms with Gasteiger partial charge in [0.05, 0.1) is 0 Å². The van der Waals surface area contributed by atoms with Crippen molar-refractivity contribution < 1.29 is 9.18 Å². The Morgan fingerprint density at radius 2 is 1.74 bits per heavy atom. The van der Waals surface area contributed by atoms with Crippen LogP contribution in [0.1, 0.15) is 27.4 Å². The number of aromatic nitrogens is 2. The molecule has 2 aromatic carbocycles. The molecule has 1 heterocycles. The Balaban J connectivity index is 1.57. The molecule has 3 aromatic rings. The maximum atomic E-state index is 12.9. The lowest BCUT2D eigenvalue weighted by molar-refractivity contribution is 0.0949. The smallest absolute Gasteiger partial charge is 0.270 e. The summed E-state index contributed by atoms with van der Waals surface area (Å²) in [7, 11) is 0. The molecule has 1 aromatic heterocycles. The highest BCUT2D eigenvalue weighted by Crippen LogP contribution is 2.09. The van der Waals surface area contributed by atoms with Crippen molar-refractivity contribution in [3.05, 3.63) is 89.1 Å². The number of halogens is 1. The van der Waals surface area contributed by atoms with Gasteiger partial charge in [-0.2, -0.15) is 0 Å². The second kappa shape index (κ2) is 8.89. The number of aryl methyl sites for hydroxylation is 1. The molecule has 0 spiro atoms. The second-order valence-corrected chi connectivity index (χ2v) is 6.16. The van der Waals surface area contributed by atoms with Gasteiger partial charge in [0.25, 0.3) is 5.91 Å². The molecule has 0 atom stereocenters. The van der Waals surface area contributed by atoms with Crippen molar-refractivity contribution in [2.75, 3.05) is 11.9 Å². The summed E-state index contributed by atoms with van der Waals surface area (Å²) in [5, 5.41) is 6.06. The highest BCUT2D eigenvalue weighted by atomic mass is 19.1. The van der Waals surface area contributed by atoms with Gasteiger partial charge >= 0.3 is 0 Å². The van der Waals surface area contributed by atoms with Crippen LogP contribution in [0.5, 0.6) is 0 Å². The molecule has 0 bridgehead atoms. The normalized spacial score (nSPS) is 10.4. The fraction of sp³-hybridized carbons (Fsp3) is 0.190. The van der Waals surface area contributed by atoms with E-state index in [-0.39, 0.29) is 11.7 Å². The Kier molecular flexibility index (Phi) is 6.10. The van der Waals surface area contributed by atoms with Gasteiger partial charge in [-0.05, 0) is 36.6 Å². The Morgan fingerprint density at radius 3 is 2.48 bits per heavy atom. The topological polar surface area (TPSA) is 66.9 Å². The number of carbonyl (C=O) groups is 1. The lowest BCUT2D eigenvalue weighted by atomic mass is 10.1. The molecule has 0 radical (unpaired) electrons. The van der Waals surface area contributed by atoms with Crippen LogP contribution >= 0.6 is 0 Å². The number of nitrogens with zero attached hydrogens (tertiary/aromatic N) is 2. The van der Waals surface area contributed by atoms with Crippen LogP contribution in [0, 0.1) is 12.7 Å². The monoisotopic (exact) mass is 364 g/mol. The number of amides is 1. The molecular formula is C21H21FN4O. The molecule has 6 heteroatoms. The molecule has 5 nitrogen and oxygen atoms in total. The molecule has 0 fully saturated rings. The quantitative estimate of drug-likeness (QED) is 0.673. The third-order valence-electron chi connectivity index (χ3n) is 4.00. The van der Waals surface area contributed by atoms with E-state index in [9.17, 15) is 9.18 Å². The standard InChI is InChI=1S/C21H21FN4O/c1-15-25-19(13-20(26-15)24-14-17-5-3-2-4-6-17)21(27)23-12-11-16-7-9-18(22)10-8-16/h2-10,13H,11-12,14H2,1H3,(H,23,27)(H,24,25,26). The average Bonchev–Trinajstić information content (AvgIpc) is 2.68. The zero-order chi connectivity index (χ0) is 19.1. The van der Waals surface area contributed by atoms with Crippen molar-refractivity contribution >= 4 is 11.7 Å². The molecule has 0 aliphatic rings. The van der Waals surface area contributed by atoms with Gasteiger partial charge in [0.2, 0.25) is 0 Å². The van der Waals surface area contributed by atoms with Crippen LogP contribution in [0.15, 0.2) is 60.7 Å². The van der Waals surface area contributed by atoms with Gasteiger partial charge in [0.15, 0.2) is 0 Å². The van der Waals surface area contributed by atoms with Crippen molar-refractivity contribution in [2.24, 2.45) is 0 Å². The number of nitrogens with one attached hydrogen (secondary N) is 2. The third-order valence-corrected chi connectivity index (χ3v) is 4.00. The van der Waals surface area contributed by atoms with Crippen LogP contribution in [0.25, 0.3) is 0 Å². The van der Waals surface area contributed by atoms with E-state index in [1.54, 1.807) is 25.1 Å². The van der Waals surface area contributed by atoms with Crippen molar-refractivity contribution in [3.63, 3.8) is 0 Å². The summed E-state index contributed by atoms with van der Waals surface area (Å²) in [6.07, 6.45) is 0.620. The van der Waals surface area contributed by atoms with E-state index in [2.05, 4.69) is 20.6 Å². The maximum Gasteiger partial charge on any atom is 0.270 e. The first-order chi connectivity index (χ1) is 13.1. The zero-order valence-corrected chi connectivity index (χ0v) is 15.1. The minimum atomic E-state index is -0.269. The fourth-order valence-electron chi connectivity index (χ4n) is 2.63. The number of hydrogen-bond acceptors (Lipinski definition) is 4. The molecule has 3 rings (SSSR count). The summed E-state index contributed by atoms with van der Waals surface area (Å²) in [6.45, 7) is 2.81. The SMILES string of the molecule is Cc1nc(NCc2ccccc2)cc(C(=O)NCCc2ccc(F)cc2)n1. The van der Waals surface area contributed by atoms with Gasteiger partial charge in [0.1, 0.15) is 23.2 Å². The van der Waals surface area contributed by atoms with E-state index in [0.29, 0.717) is 36.8 Å². The van der Waals surface area contributed by atoms with E-state index in [0.717, 1.165) is 11.1 Å². The van der Waals surface area contributed by atoms with E-state index < -0.39 is 0 Å². The number of benzene rings is 2. The molecule has 0 unspecified atom stereocenters. The van der Waals surface area contributed by atoms with Gasteiger partial charge < -0.3 is 10.6 Å². The maximum absolute atomic E-state index is 12.9. The molecule has 2 N–H and O–H groups in total. The average molecular weight is 364 g/mol. The molecule has 1 amide bonds. The van der Waals surface area contributed by atoms with Crippen LogP contribution in [0.4, 0.5) is 10.2 Å². The summed E-state index contributed by atoms with van der Waals surface area (Å²) in [6, 6.07) is 17.8. The predicted octanol–water partition coefficient (Wildman–Crippen LogP) is 3.51. The molecule has 138 valence electrons. The van der Waals surface area contributed by atoms with Gasteiger partial charge in [0, 0.05) is 19.2 Å². The highest BCUT2D eigenvalue weighted by Gasteiger charge is 2.10. The van der Waals surface area contributed by atoms with Gasteiger partial charge in [-0.3, -0.25) is 4.79 Å². The highest BCUT2D eigenvalue weighted by molar-refractivity contribution is 5.92. The van der Waals surface area contributed by atoms with Crippen LogP contribution in [-0.2, 0) is 13.0 Å². The fourth-order valence-corrected chi connectivity index (χ4v) is 2.63. The molecule has 0 saturated heterocycles. The number of anilines is 1.